The molecule has 0 aliphatic carbocycles. The number of carbonyl (C=O) groups is 1. The van der Waals surface area contributed by atoms with Crippen molar-refractivity contribution in [3.8, 4) is 0 Å². The zero-order chi connectivity index (χ0) is 18.1. The van der Waals surface area contributed by atoms with Gasteiger partial charge in [0.15, 0.2) is 11.6 Å². The van der Waals surface area contributed by atoms with Crippen LogP contribution in [0.25, 0.3) is 0 Å². The van der Waals surface area contributed by atoms with E-state index in [2.05, 4.69) is 15.3 Å². The Bertz CT molecular complexity index is 993. The lowest BCUT2D eigenvalue weighted by molar-refractivity contribution is 0.0984. The van der Waals surface area contributed by atoms with Crippen molar-refractivity contribution in [2.75, 3.05) is 16.8 Å². The summed E-state index contributed by atoms with van der Waals surface area (Å²) in [5, 5.41) is 2.78. The summed E-state index contributed by atoms with van der Waals surface area (Å²) >= 11 is 0. The van der Waals surface area contributed by atoms with Gasteiger partial charge in [-0.05, 0) is 36.2 Å². The van der Waals surface area contributed by atoms with Crippen molar-refractivity contribution in [2.45, 2.75) is 6.42 Å². The molecule has 1 amide bonds. The third-order valence-electron chi connectivity index (χ3n) is 4.18. The summed E-state index contributed by atoms with van der Waals surface area (Å²) in [6.07, 6.45) is 2.25. The molecule has 2 heterocycles. The Morgan fingerprint density at radius 1 is 1.08 bits per heavy atom. The molecule has 0 spiro atoms. The fourth-order valence-electron chi connectivity index (χ4n) is 2.93. The average molecular weight is 352 g/mol. The molecule has 2 aromatic carbocycles. The van der Waals surface area contributed by atoms with Gasteiger partial charge in [-0.15, -0.1) is 0 Å². The van der Waals surface area contributed by atoms with Crippen LogP contribution in [-0.4, -0.2) is 22.4 Å². The normalized spacial score (nSPS) is 12.8. The minimum absolute atomic E-state index is 0.134. The highest BCUT2D eigenvalue weighted by atomic mass is 19.2. The molecule has 0 bridgehead atoms. The van der Waals surface area contributed by atoms with Crippen molar-refractivity contribution >= 4 is 23.2 Å². The van der Waals surface area contributed by atoms with Gasteiger partial charge in [-0.25, -0.2) is 18.7 Å². The number of nitrogens with zero attached hydrogens (tertiary/aromatic N) is 3. The largest absolute Gasteiger partial charge is 0.324 e. The Hall–Kier alpha value is -3.35. The lowest BCUT2D eigenvalue weighted by Gasteiger charge is -2.17. The number of para-hydroxylation sites is 1. The lowest BCUT2D eigenvalue weighted by atomic mass is 10.2. The van der Waals surface area contributed by atoms with E-state index in [1.807, 2.05) is 24.3 Å². The van der Waals surface area contributed by atoms with Crippen molar-refractivity contribution < 1.29 is 13.6 Å². The number of anilines is 3. The summed E-state index contributed by atoms with van der Waals surface area (Å²) < 4.78 is 26.3. The van der Waals surface area contributed by atoms with Crippen LogP contribution >= 0.6 is 0 Å². The second-order valence-corrected chi connectivity index (χ2v) is 5.85. The molecule has 7 heteroatoms. The van der Waals surface area contributed by atoms with Gasteiger partial charge in [0.05, 0.1) is 0 Å². The lowest BCUT2D eigenvalue weighted by Crippen LogP contribution is -2.29. The molecule has 1 N–H and O–H groups in total. The van der Waals surface area contributed by atoms with E-state index in [-0.39, 0.29) is 17.5 Å². The fraction of sp³-hybridized carbons (Fsp3) is 0.105. The Labute approximate surface area is 148 Å². The maximum atomic E-state index is 13.3. The predicted octanol–water partition coefficient (Wildman–Crippen LogP) is 3.70. The summed E-state index contributed by atoms with van der Waals surface area (Å²) in [4.78, 5) is 22.7. The van der Waals surface area contributed by atoms with Crippen molar-refractivity contribution in [3.05, 3.63) is 77.6 Å². The Morgan fingerprint density at radius 3 is 2.77 bits per heavy atom. The number of fused-ring (bicyclic) bond motifs is 1. The topological polar surface area (TPSA) is 58.1 Å². The maximum Gasteiger partial charge on any atom is 0.277 e. The molecule has 5 nitrogen and oxygen atoms in total. The van der Waals surface area contributed by atoms with E-state index in [1.54, 1.807) is 4.90 Å². The second kappa shape index (κ2) is 6.51. The van der Waals surface area contributed by atoms with Gasteiger partial charge in [0.2, 0.25) is 5.95 Å². The van der Waals surface area contributed by atoms with Crippen LogP contribution in [0.4, 0.5) is 26.1 Å². The molecular weight excluding hydrogens is 338 g/mol. The van der Waals surface area contributed by atoms with E-state index < -0.39 is 11.6 Å². The molecular formula is C19H14F2N4O. The number of halogens is 2. The molecule has 0 atom stereocenters. The number of rotatable bonds is 3. The Balaban J connectivity index is 1.58. The van der Waals surface area contributed by atoms with Crippen LogP contribution in [0.15, 0.2) is 54.7 Å². The summed E-state index contributed by atoms with van der Waals surface area (Å²) in [6.45, 7) is 0.591. The van der Waals surface area contributed by atoms with Crippen LogP contribution in [0.5, 0.6) is 0 Å². The van der Waals surface area contributed by atoms with E-state index in [0.717, 1.165) is 29.8 Å². The van der Waals surface area contributed by atoms with Crippen LogP contribution in [0, 0.1) is 11.6 Å². The number of hydrogen-bond donors (Lipinski definition) is 1. The van der Waals surface area contributed by atoms with Gasteiger partial charge in [0, 0.05) is 30.2 Å². The highest BCUT2D eigenvalue weighted by Crippen LogP contribution is 2.28. The monoisotopic (exact) mass is 352 g/mol. The van der Waals surface area contributed by atoms with Crippen molar-refractivity contribution in [3.63, 3.8) is 0 Å². The molecule has 130 valence electrons. The Kier molecular flexibility index (Phi) is 4.04. The highest BCUT2D eigenvalue weighted by Gasteiger charge is 2.26. The molecule has 0 saturated heterocycles. The van der Waals surface area contributed by atoms with Gasteiger partial charge in [0.25, 0.3) is 5.91 Å². The first kappa shape index (κ1) is 16.1. The smallest absolute Gasteiger partial charge is 0.277 e. The molecule has 0 unspecified atom stereocenters. The van der Waals surface area contributed by atoms with Crippen molar-refractivity contribution in [1.29, 1.82) is 0 Å². The molecule has 1 aromatic heterocycles. The van der Waals surface area contributed by atoms with Crippen LogP contribution in [-0.2, 0) is 6.42 Å². The van der Waals surface area contributed by atoms with E-state index >= 15 is 0 Å². The van der Waals surface area contributed by atoms with Crippen LogP contribution in [0.2, 0.25) is 0 Å². The summed E-state index contributed by atoms with van der Waals surface area (Å²) in [6, 6.07) is 12.6. The number of nitrogens with one attached hydrogen (secondary N) is 1. The minimum Gasteiger partial charge on any atom is -0.324 e. The molecule has 1 aliphatic rings. The van der Waals surface area contributed by atoms with E-state index in [0.29, 0.717) is 12.2 Å². The number of aromatic nitrogens is 2. The first-order chi connectivity index (χ1) is 12.6. The summed E-state index contributed by atoms with van der Waals surface area (Å²) in [5.74, 6) is -2.01. The molecule has 0 saturated carbocycles. The van der Waals surface area contributed by atoms with Crippen molar-refractivity contribution in [1.82, 2.24) is 9.97 Å². The molecule has 26 heavy (non-hydrogen) atoms. The zero-order valence-corrected chi connectivity index (χ0v) is 13.6. The predicted molar refractivity (Wildman–Crippen MR) is 93.5 cm³/mol. The van der Waals surface area contributed by atoms with Gasteiger partial charge in [-0.3, -0.25) is 4.79 Å². The van der Waals surface area contributed by atoms with Crippen LogP contribution in [0.3, 0.4) is 0 Å². The number of carbonyl (C=O) groups excluding carboxylic acids is 1. The van der Waals surface area contributed by atoms with Gasteiger partial charge in [0.1, 0.15) is 5.69 Å². The zero-order valence-electron chi connectivity index (χ0n) is 13.6. The van der Waals surface area contributed by atoms with Crippen LogP contribution in [0.1, 0.15) is 16.1 Å². The molecule has 0 radical (unpaired) electrons. The van der Waals surface area contributed by atoms with E-state index in [1.165, 1.54) is 18.3 Å². The molecule has 1 aliphatic heterocycles. The maximum absolute atomic E-state index is 13.3. The van der Waals surface area contributed by atoms with E-state index in [9.17, 15) is 13.6 Å². The van der Waals surface area contributed by atoms with Gasteiger partial charge in [-0.2, -0.15) is 0 Å². The number of hydrogen-bond acceptors (Lipinski definition) is 4. The van der Waals surface area contributed by atoms with Gasteiger partial charge in [-0.1, -0.05) is 18.2 Å². The number of benzene rings is 2. The fourth-order valence-corrected chi connectivity index (χ4v) is 2.93. The van der Waals surface area contributed by atoms with E-state index in [4.69, 9.17) is 0 Å². The summed E-state index contributed by atoms with van der Waals surface area (Å²) in [5.41, 5.74) is 2.52. The quantitative estimate of drug-likeness (QED) is 0.781. The third kappa shape index (κ3) is 2.99. The molecule has 0 fully saturated rings. The third-order valence-corrected chi connectivity index (χ3v) is 4.18. The first-order valence-corrected chi connectivity index (χ1v) is 8.07. The Morgan fingerprint density at radius 2 is 1.92 bits per heavy atom. The van der Waals surface area contributed by atoms with Crippen molar-refractivity contribution in [2.24, 2.45) is 0 Å². The average Bonchev–Trinajstić information content (AvgIpc) is 3.08. The second-order valence-electron chi connectivity index (χ2n) is 5.85. The van der Waals surface area contributed by atoms with Gasteiger partial charge < -0.3 is 10.2 Å². The standard InChI is InChI=1S/C19H14F2N4O/c20-14-6-5-13(11-15(14)21)23-19-22-9-7-16(24-19)18(26)25-10-8-12-3-1-2-4-17(12)25/h1-7,9,11H,8,10H2,(H,22,23,24). The summed E-state index contributed by atoms with van der Waals surface area (Å²) in [7, 11) is 0. The highest BCUT2D eigenvalue weighted by molar-refractivity contribution is 6.06. The SMILES string of the molecule is O=C(c1ccnc(Nc2ccc(F)c(F)c2)n1)N1CCc2ccccc21. The molecule has 4 rings (SSSR count). The van der Waals surface area contributed by atoms with Gasteiger partial charge >= 0.3 is 0 Å². The first-order valence-electron chi connectivity index (χ1n) is 8.07. The molecule has 3 aromatic rings. The minimum atomic E-state index is -0.976. The van der Waals surface area contributed by atoms with Crippen LogP contribution < -0.4 is 10.2 Å². The number of amides is 1.